The third-order valence-corrected chi connectivity index (χ3v) is 7.71. The molecule has 6 heteroatoms. The molecule has 0 aliphatic carbocycles. The number of nitrogens with one attached hydrogen (secondary N) is 2. The predicted molar refractivity (Wildman–Crippen MR) is 155 cm³/mol. The normalized spacial score (nSPS) is 18.9. The van der Waals surface area contributed by atoms with Crippen LogP contribution in [0.15, 0.2) is 54.6 Å². The van der Waals surface area contributed by atoms with Gasteiger partial charge in [-0.25, -0.2) is 0 Å². The van der Waals surface area contributed by atoms with Gasteiger partial charge in [-0.1, -0.05) is 36.4 Å². The molecule has 0 aromatic heterocycles. The van der Waals surface area contributed by atoms with Crippen molar-refractivity contribution in [2.24, 2.45) is 0 Å². The van der Waals surface area contributed by atoms with Crippen molar-refractivity contribution < 1.29 is 9.59 Å². The third kappa shape index (κ3) is 5.32. The molecule has 5 rings (SSSR count). The first kappa shape index (κ1) is 26.0. The zero-order valence-electron chi connectivity index (χ0n) is 23.1. The van der Waals surface area contributed by atoms with E-state index in [4.69, 9.17) is 0 Å². The summed E-state index contributed by atoms with van der Waals surface area (Å²) in [4.78, 5) is 29.3. The Morgan fingerprint density at radius 1 is 0.921 bits per heavy atom. The van der Waals surface area contributed by atoms with Crippen molar-refractivity contribution in [2.45, 2.75) is 59.7 Å². The smallest absolute Gasteiger partial charge is 0.258 e. The Hall–Kier alpha value is -3.64. The Morgan fingerprint density at radius 3 is 2.29 bits per heavy atom. The zero-order valence-corrected chi connectivity index (χ0v) is 23.1. The molecule has 2 amide bonds. The van der Waals surface area contributed by atoms with E-state index in [9.17, 15) is 9.59 Å². The topological polar surface area (TPSA) is 64.7 Å². The minimum Gasteiger partial charge on any atom is -0.368 e. The number of fused-ring (bicyclic) bond motifs is 1. The number of aryl methyl sites for hydroxylation is 2. The van der Waals surface area contributed by atoms with Crippen molar-refractivity contribution in [3.63, 3.8) is 0 Å². The summed E-state index contributed by atoms with van der Waals surface area (Å²) in [6.45, 7) is 13.4. The van der Waals surface area contributed by atoms with E-state index < -0.39 is 0 Å². The lowest BCUT2D eigenvalue weighted by Gasteiger charge is -2.38. The largest absolute Gasteiger partial charge is 0.368 e. The number of nitrogens with zero attached hydrogens (tertiary/aromatic N) is 2. The molecule has 2 atom stereocenters. The van der Waals surface area contributed by atoms with Crippen LogP contribution in [-0.4, -0.2) is 43.5 Å². The van der Waals surface area contributed by atoms with E-state index in [1.165, 1.54) is 23.7 Å². The molecule has 0 unspecified atom stereocenters. The molecule has 3 aromatic rings. The molecule has 3 aromatic carbocycles. The molecular weight excluding hydrogens is 472 g/mol. The van der Waals surface area contributed by atoms with Gasteiger partial charge in [-0.15, -0.1) is 0 Å². The van der Waals surface area contributed by atoms with Crippen LogP contribution >= 0.6 is 0 Å². The monoisotopic (exact) mass is 510 g/mol. The van der Waals surface area contributed by atoms with E-state index in [-0.39, 0.29) is 11.8 Å². The van der Waals surface area contributed by atoms with Gasteiger partial charge in [-0.05, 0) is 85.7 Å². The lowest BCUT2D eigenvalue weighted by molar-refractivity contribution is -0.119. The van der Waals surface area contributed by atoms with Crippen LogP contribution in [0.2, 0.25) is 0 Å². The molecule has 2 aliphatic heterocycles. The molecule has 0 radical (unpaired) electrons. The Labute approximate surface area is 226 Å². The SMILES string of the molecule is CC(=O)NCc1ccc(-c2ccc(C(=O)N3CCc4cc(C)c(N5C[C@@H](C)N[C@@H](C)C5)cc43)cc2)c(C)c1. The molecule has 198 valence electrons. The van der Waals surface area contributed by atoms with E-state index in [0.717, 1.165) is 47.5 Å². The number of rotatable bonds is 5. The number of amides is 2. The van der Waals surface area contributed by atoms with Crippen LogP contribution in [0.3, 0.4) is 0 Å². The van der Waals surface area contributed by atoms with E-state index in [0.29, 0.717) is 30.7 Å². The molecule has 1 saturated heterocycles. The van der Waals surface area contributed by atoms with Gasteiger partial charge in [0.1, 0.15) is 0 Å². The maximum absolute atomic E-state index is 13.6. The van der Waals surface area contributed by atoms with Crippen molar-refractivity contribution in [2.75, 3.05) is 29.4 Å². The number of anilines is 2. The molecule has 38 heavy (non-hydrogen) atoms. The van der Waals surface area contributed by atoms with Gasteiger partial charge in [0.25, 0.3) is 5.91 Å². The van der Waals surface area contributed by atoms with Crippen LogP contribution in [0, 0.1) is 13.8 Å². The first-order valence-electron chi connectivity index (χ1n) is 13.6. The second kappa shape index (κ2) is 10.6. The van der Waals surface area contributed by atoms with Crippen molar-refractivity contribution in [1.29, 1.82) is 0 Å². The van der Waals surface area contributed by atoms with Crippen LogP contribution in [0.25, 0.3) is 11.1 Å². The van der Waals surface area contributed by atoms with Crippen LogP contribution in [0.1, 0.15) is 53.4 Å². The summed E-state index contributed by atoms with van der Waals surface area (Å²) < 4.78 is 0. The Balaban J connectivity index is 1.35. The maximum Gasteiger partial charge on any atom is 0.258 e. The number of carbonyl (C=O) groups excluding carboxylic acids is 2. The summed E-state index contributed by atoms with van der Waals surface area (Å²) in [7, 11) is 0. The third-order valence-electron chi connectivity index (χ3n) is 7.71. The summed E-state index contributed by atoms with van der Waals surface area (Å²) in [6.07, 6.45) is 0.888. The second-order valence-corrected chi connectivity index (χ2v) is 11.0. The molecule has 2 heterocycles. The number of hydrogen-bond donors (Lipinski definition) is 2. The van der Waals surface area contributed by atoms with E-state index >= 15 is 0 Å². The van der Waals surface area contributed by atoms with Gasteiger partial charge < -0.3 is 20.4 Å². The van der Waals surface area contributed by atoms with Gasteiger partial charge >= 0.3 is 0 Å². The summed E-state index contributed by atoms with van der Waals surface area (Å²) in [6, 6.07) is 19.5. The minimum atomic E-state index is -0.0352. The summed E-state index contributed by atoms with van der Waals surface area (Å²) in [5, 5.41) is 6.45. The van der Waals surface area contributed by atoms with Crippen molar-refractivity contribution >= 4 is 23.2 Å². The maximum atomic E-state index is 13.6. The second-order valence-electron chi connectivity index (χ2n) is 11.0. The van der Waals surface area contributed by atoms with Crippen LogP contribution in [0.5, 0.6) is 0 Å². The highest BCUT2D eigenvalue weighted by Crippen LogP contribution is 2.36. The molecule has 1 fully saturated rings. The molecule has 2 aliphatic rings. The minimum absolute atomic E-state index is 0.0352. The van der Waals surface area contributed by atoms with Crippen molar-refractivity contribution in [1.82, 2.24) is 10.6 Å². The average molecular weight is 511 g/mol. The van der Waals surface area contributed by atoms with Gasteiger partial charge in [0.15, 0.2) is 0 Å². The summed E-state index contributed by atoms with van der Waals surface area (Å²) in [5.74, 6) is 0.0153. The Morgan fingerprint density at radius 2 is 1.63 bits per heavy atom. The number of piperazine rings is 1. The fraction of sp³-hybridized carbons (Fsp3) is 0.375. The van der Waals surface area contributed by atoms with Gasteiger partial charge in [0.2, 0.25) is 5.91 Å². The number of carbonyl (C=O) groups is 2. The van der Waals surface area contributed by atoms with Gasteiger partial charge in [-0.3, -0.25) is 9.59 Å². The molecule has 6 nitrogen and oxygen atoms in total. The molecular formula is C32H38N4O2. The average Bonchev–Trinajstić information content (AvgIpc) is 3.28. The van der Waals surface area contributed by atoms with Crippen LogP contribution < -0.4 is 20.4 Å². The van der Waals surface area contributed by atoms with Gasteiger partial charge in [0.05, 0.1) is 0 Å². The first-order chi connectivity index (χ1) is 18.2. The molecule has 0 bridgehead atoms. The van der Waals surface area contributed by atoms with E-state index in [1.807, 2.05) is 35.2 Å². The molecule has 2 N–H and O–H groups in total. The molecule has 0 spiro atoms. The zero-order chi connectivity index (χ0) is 27.0. The van der Waals surface area contributed by atoms with E-state index in [1.54, 1.807) is 0 Å². The summed E-state index contributed by atoms with van der Waals surface area (Å²) >= 11 is 0. The van der Waals surface area contributed by atoms with E-state index in [2.05, 4.69) is 67.5 Å². The predicted octanol–water partition coefficient (Wildman–Crippen LogP) is 5.00. The van der Waals surface area contributed by atoms with Crippen molar-refractivity contribution in [3.8, 4) is 11.1 Å². The lowest BCUT2D eigenvalue weighted by Crippen LogP contribution is -2.54. The standard InChI is InChI=1S/C32H38N4O2/c1-20-14-25(17-33-24(5)37)6-11-29(20)26-7-9-27(10-8-26)32(38)36-13-12-28-15-21(2)30(16-31(28)36)35-18-22(3)34-23(4)19-35/h6-11,14-16,22-23,34H,12-13,17-19H2,1-5H3,(H,33,37)/t22-,23+. The van der Waals surface area contributed by atoms with Crippen molar-refractivity contribution in [3.05, 3.63) is 82.4 Å². The number of hydrogen-bond acceptors (Lipinski definition) is 4. The highest BCUT2D eigenvalue weighted by atomic mass is 16.2. The van der Waals surface area contributed by atoms with Gasteiger partial charge in [-0.2, -0.15) is 0 Å². The van der Waals surface area contributed by atoms with Gasteiger partial charge in [0, 0.05) is 62.1 Å². The summed E-state index contributed by atoms with van der Waals surface area (Å²) in [5.41, 5.74) is 9.92. The highest BCUT2D eigenvalue weighted by Gasteiger charge is 2.29. The first-order valence-corrected chi connectivity index (χ1v) is 13.6. The van der Waals surface area contributed by atoms with Crippen LogP contribution in [0.4, 0.5) is 11.4 Å². The number of benzene rings is 3. The van der Waals surface area contributed by atoms with Crippen LogP contribution in [-0.2, 0) is 17.8 Å². The Kier molecular flexibility index (Phi) is 7.26. The molecule has 0 saturated carbocycles. The fourth-order valence-corrected chi connectivity index (χ4v) is 5.96. The lowest BCUT2D eigenvalue weighted by atomic mass is 9.97. The Bertz CT molecular complexity index is 1350. The quantitative estimate of drug-likeness (QED) is 0.507. The fourth-order valence-electron chi connectivity index (χ4n) is 5.96. The highest BCUT2D eigenvalue weighted by molar-refractivity contribution is 6.07.